The van der Waals surface area contributed by atoms with E-state index in [0.717, 1.165) is 37.9 Å². The molecule has 1 heterocycles. The summed E-state index contributed by atoms with van der Waals surface area (Å²) in [6, 6.07) is 7.69. The molecule has 2 aliphatic rings. The molecule has 5 heteroatoms. The maximum atomic E-state index is 12.9. The highest BCUT2D eigenvalue weighted by Gasteiger charge is 2.30. The third kappa shape index (κ3) is 5.47. The van der Waals surface area contributed by atoms with Crippen molar-refractivity contribution in [2.45, 2.75) is 64.3 Å². The van der Waals surface area contributed by atoms with Gasteiger partial charge in [0.05, 0.1) is 12.5 Å². The van der Waals surface area contributed by atoms with Crippen LogP contribution in [-0.4, -0.2) is 42.5 Å². The number of hydrogen-bond acceptors (Lipinski definition) is 3. The average Bonchev–Trinajstić information content (AvgIpc) is 2.72. The van der Waals surface area contributed by atoms with Crippen molar-refractivity contribution in [1.29, 1.82) is 0 Å². The summed E-state index contributed by atoms with van der Waals surface area (Å²) in [5.41, 5.74) is 0.636. The van der Waals surface area contributed by atoms with Crippen LogP contribution < -0.4 is 10.1 Å². The normalized spacial score (nSPS) is 20.9. The number of nitrogens with one attached hydrogen (secondary N) is 1. The van der Waals surface area contributed by atoms with Crippen molar-refractivity contribution < 1.29 is 14.3 Å². The van der Waals surface area contributed by atoms with Crippen LogP contribution in [0.1, 0.15) is 68.6 Å². The van der Waals surface area contributed by atoms with Crippen LogP contribution in [0.5, 0.6) is 5.75 Å². The van der Waals surface area contributed by atoms with Gasteiger partial charge in [-0.1, -0.05) is 32.3 Å². The molecule has 1 aliphatic carbocycles. The fraction of sp³-hybridized carbons (Fsp3) is 0.636. The van der Waals surface area contributed by atoms with Gasteiger partial charge in [-0.05, 0) is 50.3 Å². The van der Waals surface area contributed by atoms with E-state index in [0.29, 0.717) is 31.3 Å². The second-order valence-corrected chi connectivity index (χ2v) is 7.81. The van der Waals surface area contributed by atoms with Gasteiger partial charge in [-0.3, -0.25) is 9.59 Å². The summed E-state index contributed by atoms with van der Waals surface area (Å²) >= 11 is 0. The van der Waals surface area contributed by atoms with Crippen LogP contribution in [0.15, 0.2) is 24.3 Å². The number of hydrogen-bond donors (Lipinski definition) is 1. The number of piperidine rings is 1. The van der Waals surface area contributed by atoms with E-state index in [1.165, 1.54) is 19.3 Å². The molecule has 2 amide bonds. The Hall–Kier alpha value is -2.04. The predicted molar refractivity (Wildman–Crippen MR) is 106 cm³/mol. The van der Waals surface area contributed by atoms with Crippen molar-refractivity contribution in [2.24, 2.45) is 5.92 Å². The largest absolute Gasteiger partial charge is 0.494 e. The zero-order valence-corrected chi connectivity index (χ0v) is 16.4. The molecule has 148 valence electrons. The molecule has 27 heavy (non-hydrogen) atoms. The predicted octanol–water partition coefficient (Wildman–Crippen LogP) is 3.78. The first-order chi connectivity index (χ1) is 13.2. The highest BCUT2D eigenvalue weighted by Crippen LogP contribution is 2.23. The molecule has 1 N–H and O–H groups in total. The monoisotopic (exact) mass is 372 g/mol. The van der Waals surface area contributed by atoms with E-state index in [9.17, 15) is 9.59 Å². The number of carbonyl (C=O) groups is 2. The van der Waals surface area contributed by atoms with Gasteiger partial charge in [0.15, 0.2) is 0 Å². The van der Waals surface area contributed by atoms with Crippen LogP contribution in [0.3, 0.4) is 0 Å². The van der Waals surface area contributed by atoms with Crippen molar-refractivity contribution in [3.8, 4) is 5.75 Å². The molecule has 3 rings (SSSR count). The fourth-order valence-electron chi connectivity index (χ4n) is 4.06. The maximum absolute atomic E-state index is 12.9. The lowest BCUT2D eigenvalue weighted by Gasteiger charge is -2.33. The minimum Gasteiger partial charge on any atom is -0.494 e. The van der Waals surface area contributed by atoms with Gasteiger partial charge in [0.25, 0.3) is 5.91 Å². The number of amides is 2. The first-order valence-electron chi connectivity index (χ1n) is 10.5. The summed E-state index contributed by atoms with van der Waals surface area (Å²) < 4.78 is 5.64. The third-order valence-corrected chi connectivity index (χ3v) is 5.58. The number of carbonyl (C=O) groups excluding carboxylic acids is 2. The van der Waals surface area contributed by atoms with Gasteiger partial charge in [-0.15, -0.1) is 0 Å². The highest BCUT2D eigenvalue weighted by atomic mass is 16.5. The van der Waals surface area contributed by atoms with Crippen molar-refractivity contribution in [3.63, 3.8) is 0 Å². The molecule has 1 atom stereocenters. The Kier molecular flexibility index (Phi) is 7.13. The SMILES string of the molecule is CCCOc1cccc(C(=O)N2CCCC(C(=O)NC3CCCCC3)C2)c1. The van der Waals surface area contributed by atoms with E-state index in [2.05, 4.69) is 12.2 Å². The van der Waals surface area contributed by atoms with E-state index in [-0.39, 0.29) is 17.7 Å². The van der Waals surface area contributed by atoms with Gasteiger partial charge < -0.3 is 15.0 Å². The first kappa shape index (κ1) is 19.7. The molecule has 0 spiro atoms. The molecule has 0 radical (unpaired) electrons. The van der Waals surface area contributed by atoms with Crippen LogP contribution in [0, 0.1) is 5.92 Å². The molecule has 1 saturated heterocycles. The second kappa shape index (κ2) is 9.77. The van der Waals surface area contributed by atoms with E-state index in [1.54, 1.807) is 0 Å². The topological polar surface area (TPSA) is 58.6 Å². The molecule has 0 aromatic heterocycles. The number of rotatable bonds is 6. The van der Waals surface area contributed by atoms with Crippen molar-refractivity contribution in [3.05, 3.63) is 29.8 Å². The fourth-order valence-corrected chi connectivity index (χ4v) is 4.06. The summed E-state index contributed by atoms with van der Waals surface area (Å²) in [6.07, 6.45) is 8.54. The van der Waals surface area contributed by atoms with Gasteiger partial charge in [0.2, 0.25) is 5.91 Å². The molecule has 1 saturated carbocycles. The summed E-state index contributed by atoms with van der Waals surface area (Å²) in [5.74, 6) is 0.752. The van der Waals surface area contributed by atoms with E-state index >= 15 is 0 Å². The Labute approximate surface area is 162 Å². The Morgan fingerprint density at radius 3 is 2.74 bits per heavy atom. The molecule has 2 fully saturated rings. The van der Waals surface area contributed by atoms with Gasteiger partial charge in [0, 0.05) is 24.7 Å². The standard InChI is InChI=1S/C22H32N2O3/c1-2-14-27-20-12-6-8-17(15-20)22(26)24-13-7-9-18(16-24)21(25)23-19-10-4-3-5-11-19/h6,8,12,15,18-19H,2-5,7,9-11,13-14,16H2,1H3,(H,23,25). The van der Waals surface area contributed by atoms with Crippen LogP contribution >= 0.6 is 0 Å². The summed E-state index contributed by atoms with van der Waals surface area (Å²) in [4.78, 5) is 27.4. The number of benzene rings is 1. The zero-order valence-electron chi connectivity index (χ0n) is 16.4. The lowest BCUT2D eigenvalue weighted by Crippen LogP contribution is -2.47. The Balaban J connectivity index is 1.58. The van der Waals surface area contributed by atoms with Crippen molar-refractivity contribution in [2.75, 3.05) is 19.7 Å². The molecule has 1 unspecified atom stereocenters. The van der Waals surface area contributed by atoms with Gasteiger partial charge >= 0.3 is 0 Å². The lowest BCUT2D eigenvalue weighted by molar-refractivity contribution is -0.127. The Morgan fingerprint density at radius 1 is 1.15 bits per heavy atom. The van der Waals surface area contributed by atoms with Crippen LogP contribution in [0.4, 0.5) is 0 Å². The number of likely N-dealkylation sites (tertiary alicyclic amines) is 1. The van der Waals surface area contributed by atoms with E-state index < -0.39 is 0 Å². The molecule has 0 bridgehead atoms. The summed E-state index contributed by atoms with van der Waals surface area (Å²) in [7, 11) is 0. The smallest absolute Gasteiger partial charge is 0.254 e. The van der Waals surface area contributed by atoms with Gasteiger partial charge in [-0.25, -0.2) is 0 Å². The molecule has 1 aromatic rings. The third-order valence-electron chi connectivity index (χ3n) is 5.58. The first-order valence-corrected chi connectivity index (χ1v) is 10.5. The molecule has 5 nitrogen and oxygen atoms in total. The van der Waals surface area contributed by atoms with E-state index in [1.807, 2.05) is 29.2 Å². The Morgan fingerprint density at radius 2 is 1.96 bits per heavy atom. The summed E-state index contributed by atoms with van der Waals surface area (Å²) in [6.45, 7) is 3.93. The maximum Gasteiger partial charge on any atom is 0.254 e. The van der Waals surface area contributed by atoms with Crippen molar-refractivity contribution in [1.82, 2.24) is 10.2 Å². The average molecular weight is 373 g/mol. The summed E-state index contributed by atoms with van der Waals surface area (Å²) in [5, 5.41) is 3.22. The van der Waals surface area contributed by atoms with Crippen molar-refractivity contribution >= 4 is 11.8 Å². The lowest BCUT2D eigenvalue weighted by atomic mass is 9.92. The van der Waals surface area contributed by atoms with Gasteiger partial charge in [-0.2, -0.15) is 0 Å². The minimum absolute atomic E-state index is 0.00730. The molecular weight excluding hydrogens is 340 g/mol. The highest BCUT2D eigenvalue weighted by molar-refractivity contribution is 5.95. The minimum atomic E-state index is -0.0934. The van der Waals surface area contributed by atoms with Crippen LogP contribution in [0.25, 0.3) is 0 Å². The molecule has 1 aromatic carbocycles. The Bertz CT molecular complexity index is 640. The molecular formula is C22H32N2O3. The number of ether oxygens (including phenoxy) is 1. The quantitative estimate of drug-likeness (QED) is 0.827. The molecule has 1 aliphatic heterocycles. The van der Waals surface area contributed by atoms with Gasteiger partial charge in [0.1, 0.15) is 5.75 Å². The second-order valence-electron chi connectivity index (χ2n) is 7.81. The number of nitrogens with zero attached hydrogens (tertiary/aromatic N) is 1. The zero-order chi connectivity index (χ0) is 19.1. The van der Waals surface area contributed by atoms with Crippen LogP contribution in [-0.2, 0) is 4.79 Å². The van der Waals surface area contributed by atoms with E-state index in [4.69, 9.17) is 4.74 Å². The van der Waals surface area contributed by atoms with Crippen LogP contribution in [0.2, 0.25) is 0 Å².